The summed E-state index contributed by atoms with van der Waals surface area (Å²) < 4.78 is 0. The van der Waals surface area contributed by atoms with Gasteiger partial charge in [0.25, 0.3) is 0 Å². The highest BCUT2D eigenvalue weighted by Gasteiger charge is 2.62. The zero-order chi connectivity index (χ0) is 7.00. The molecule has 4 fully saturated rings. The zero-order valence-electron chi connectivity index (χ0n) is 7.00. The summed E-state index contributed by atoms with van der Waals surface area (Å²) >= 11 is 0. The molecule has 4 rings (SSSR count). The van der Waals surface area contributed by atoms with Crippen molar-refractivity contribution in [3.05, 3.63) is 0 Å². The van der Waals surface area contributed by atoms with Gasteiger partial charge in [0.05, 0.1) is 0 Å². The number of hydrogen-bond acceptors (Lipinski definition) is 0. The third kappa shape index (κ3) is 0.554. The van der Waals surface area contributed by atoms with E-state index >= 15 is 0 Å². The first-order chi connectivity index (χ1) is 5.42. The summed E-state index contributed by atoms with van der Waals surface area (Å²) in [5, 5.41) is 0. The molecule has 4 aliphatic carbocycles. The van der Waals surface area contributed by atoms with Crippen molar-refractivity contribution in [3.63, 3.8) is 0 Å². The smallest absolute Gasteiger partial charge is 0.0323 e. The quantitative estimate of drug-likeness (QED) is 0.495. The van der Waals surface area contributed by atoms with Gasteiger partial charge in [-0.2, -0.15) is 0 Å². The summed E-state index contributed by atoms with van der Waals surface area (Å²) in [4.78, 5) is 0. The molecule has 0 heterocycles. The first kappa shape index (κ1) is 5.61. The van der Waals surface area contributed by atoms with Crippen molar-refractivity contribution in [2.24, 2.45) is 35.5 Å². The van der Waals surface area contributed by atoms with Gasteiger partial charge < -0.3 is 0 Å². The van der Waals surface area contributed by atoms with Gasteiger partial charge in [-0.3, -0.25) is 0 Å². The van der Waals surface area contributed by atoms with Crippen LogP contribution in [0.15, 0.2) is 0 Å². The van der Waals surface area contributed by atoms with Crippen molar-refractivity contribution in [2.45, 2.75) is 32.1 Å². The van der Waals surface area contributed by atoms with Crippen LogP contribution < -0.4 is 0 Å². The van der Waals surface area contributed by atoms with E-state index in [9.17, 15) is 0 Å². The summed E-state index contributed by atoms with van der Waals surface area (Å²) in [6, 6.07) is 0. The summed E-state index contributed by atoms with van der Waals surface area (Å²) in [7, 11) is 0. The number of hydrogen-bond donors (Lipinski definition) is 0. The Morgan fingerprint density at radius 3 is 1.91 bits per heavy atom. The van der Waals surface area contributed by atoms with Crippen molar-refractivity contribution in [1.82, 2.24) is 0 Å². The van der Waals surface area contributed by atoms with Gasteiger partial charge in [-0.15, -0.1) is 0 Å². The van der Waals surface area contributed by atoms with E-state index < -0.39 is 0 Å². The standard InChI is InChI=1S/C11H16/c1-6-2-8-3-7(1)5-10-9(4-6)11(8)10/h6-11H,1-5H2. The average Bonchev–Trinajstić information content (AvgIpc) is 2.63. The van der Waals surface area contributed by atoms with Crippen LogP contribution in [0.3, 0.4) is 0 Å². The minimum atomic E-state index is 1.19. The molecule has 0 aliphatic heterocycles. The lowest BCUT2D eigenvalue weighted by Crippen LogP contribution is -2.30. The average molecular weight is 148 g/mol. The molecule has 0 aromatic carbocycles. The lowest BCUT2D eigenvalue weighted by Gasteiger charge is -2.40. The second kappa shape index (κ2) is 1.53. The third-order valence-corrected chi connectivity index (χ3v) is 5.09. The van der Waals surface area contributed by atoms with E-state index in [2.05, 4.69) is 0 Å². The van der Waals surface area contributed by atoms with Crippen LogP contribution >= 0.6 is 0 Å². The van der Waals surface area contributed by atoms with Crippen LogP contribution in [-0.4, -0.2) is 0 Å². The van der Waals surface area contributed by atoms with Crippen molar-refractivity contribution in [3.8, 4) is 0 Å². The normalized spacial score (nSPS) is 69.8. The molecule has 3 bridgehead atoms. The largest absolute Gasteiger partial charge is 0.0475 e. The molecular formula is C11H16. The Hall–Kier alpha value is 0. The first-order valence-corrected chi connectivity index (χ1v) is 5.42. The van der Waals surface area contributed by atoms with Gasteiger partial charge in [-0.05, 0) is 67.6 Å². The molecule has 4 unspecified atom stereocenters. The topological polar surface area (TPSA) is 0 Å². The molecule has 4 atom stereocenters. The van der Waals surface area contributed by atoms with Crippen LogP contribution in [0.1, 0.15) is 32.1 Å². The molecule has 0 spiro atoms. The number of rotatable bonds is 0. The monoisotopic (exact) mass is 148 g/mol. The van der Waals surface area contributed by atoms with E-state index in [1.807, 2.05) is 0 Å². The van der Waals surface area contributed by atoms with Gasteiger partial charge in [0, 0.05) is 0 Å². The van der Waals surface area contributed by atoms with Gasteiger partial charge in [0.1, 0.15) is 0 Å². The maximum Gasteiger partial charge on any atom is -0.0323 e. The van der Waals surface area contributed by atoms with E-state index in [0.29, 0.717) is 0 Å². The van der Waals surface area contributed by atoms with E-state index in [-0.39, 0.29) is 0 Å². The predicted octanol–water partition coefficient (Wildman–Crippen LogP) is 2.69. The van der Waals surface area contributed by atoms with Gasteiger partial charge in [0.15, 0.2) is 0 Å². The Morgan fingerprint density at radius 2 is 1.27 bits per heavy atom. The molecular weight excluding hydrogens is 132 g/mol. The van der Waals surface area contributed by atoms with Gasteiger partial charge in [-0.25, -0.2) is 0 Å². The van der Waals surface area contributed by atoms with Gasteiger partial charge in [0.2, 0.25) is 0 Å². The van der Waals surface area contributed by atoms with Crippen molar-refractivity contribution >= 4 is 0 Å². The fraction of sp³-hybridized carbons (Fsp3) is 1.00. The first-order valence-electron chi connectivity index (χ1n) is 5.42. The van der Waals surface area contributed by atoms with Crippen molar-refractivity contribution < 1.29 is 0 Å². The Labute approximate surface area is 68.4 Å². The van der Waals surface area contributed by atoms with Crippen LogP contribution in [-0.2, 0) is 0 Å². The van der Waals surface area contributed by atoms with E-state index in [4.69, 9.17) is 0 Å². The molecule has 4 aliphatic rings. The molecule has 0 aromatic heterocycles. The molecule has 0 N–H and O–H groups in total. The lowest BCUT2D eigenvalue weighted by molar-refractivity contribution is 0.106. The van der Waals surface area contributed by atoms with Crippen LogP contribution in [0.2, 0.25) is 0 Å². The Bertz CT molecular complexity index is 176. The highest BCUT2D eigenvalue weighted by atomic mass is 14.7. The molecule has 0 aromatic rings. The van der Waals surface area contributed by atoms with E-state index in [0.717, 1.165) is 0 Å². The zero-order valence-corrected chi connectivity index (χ0v) is 7.00. The second-order valence-electron chi connectivity index (χ2n) is 5.58. The van der Waals surface area contributed by atoms with Crippen LogP contribution in [0, 0.1) is 35.5 Å². The van der Waals surface area contributed by atoms with Crippen molar-refractivity contribution in [2.75, 3.05) is 0 Å². The Morgan fingerprint density at radius 1 is 0.636 bits per heavy atom. The molecule has 0 saturated heterocycles. The van der Waals surface area contributed by atoms with Crippen LogP contribution in [0.25, 0.3) is 0 Å². The number of fused-ring (bicyclic) bond motifs is 3. The third-order valence-electron chi connectivity index (χ3n) is 5.09. The maximum absolute atomic E-state index is 1.64. The minimum absolute atomic E-state index is 1.19. The predicted molar refractivity (Wildman–Crippen MR) is 44.0 cm³/mol. The molecule has 0 heteroatoms. The highest BCUT2D eigenvalue weighted by molar-refractivity contribution is 5.11. The minimum Gasteiger partial charge on any atom is -0.0475 e. The van der Waals surface area contributed by atoms with E-state index in [1.54, 1.807) is 32.1 Å². The Balaban J connectivity index is 1.82. The molecule has 4 saturated carbocycles. The van der Waals surface area contributed by atoms with Gasteiger partial charge in [-0.1, -0.05) is 0 Å². The maximum atomic E-state index is 1.64. The molecule has 0 nitrogen and oxygen atoms in total. The molecule has 11 heavy (non-hydrogen) atoms. The fourth-order valence-electron chi connectivity index (χ4n) is 4.92. The van der Waals surface area contributed by atoms with Gasteiger partial charge >= 0.3 is 0 Å². The summed E-state index contributed by atoms with van der Waals surface area (Å²) in [5.41, 5.74) is 0. The molecule has 0 radical (unpaired) electrons. The van der Waals surface area contributed by atoms with E-state index in [1.165, 1.54) is 35.5 Å². The Kier molecular flexibility index (Phi) is 0.781. The highest BCUT2D eigenvalue weighted by Crippen LogP contribution is 2.70. The summed E-state index contributed by atoms with van der Waals surface area (Å²) in [5.74, 6) is 7.33. The SMILES string of the molecule is C1C2CC3CC1CC1C(C2)C31. The fourth-order valence-corrected chi connectivity index (χ4v) is 4.92. The van der Waals surface area contributed by atoms with Crippen LogP contribution in [0.5, 0.6) is 0 Å². The second-order valence-corrected chi connectivity index (χ2v) is 5.58. The molecule has 0 amide bonds. The lowest BCUT2D eigenvalue weighted by atomic mass is 9.66. The van der Waals surface area contributed by atoms with Crippen LogP contribution in [0.4, 0.5) is 0 Å². The summed E-state index contributed by atoms with van der Waals surface area (Å²) in [6.45, 7) is 0. The molecule has 60 valence electrons. The van der Waals surface area contributed by atoms with Crippen molar-refractivity contribution in [1.29, 1.82) is 0 Å². The summed E-state index contributed by atoms with van der Waals surface area (Å²) in [6.07, 6.45) is 8.17.